The van der Waals surface area contributed by atoms with E-state index in [1.807, 2.05) is 0 Å². The van der Waals surface area contributed by atoms with Gasteiger partial charge in [-0.2, -0.15) is 0 Å². The summed E-state index contributed by atoms with van der Waals surface area (Å²) < 4.78 is 12.1. The van der Waals surface area contributed by atoms with Crippen molar-refractivity contribution in [2.24, 2.45) is 0 Å². The van der Waals surface area contributed by atoms with Crippen LogP contribution in [0.5, 0.6) is 0 Å². The average molecular weight is 202 g/mol. The first-order chi connectivity index (χ1) is 6.55. The molecule has 1 unspecified atom stereocenters. The number of hydrogen-bond acceptors (Lipinski definition) is 2. The summed E-state index contributed by atoms with van der Waals surface area (Å²) in [6.45, 7) is 9.45. The minimum atomic E-state index is -0.197. The number of rotatable bonds is 3. The summed E-state index contributed by atoms with van der Waals surface area (Å²) in [5, 5.41) is 3.52. The van der Waals surface area contributed by atoms with Gasteiger partial charge in [0, 0.05) is 24.7 Å². The minimum Gasteiger partial charge on any atom is -0.310 e. The van der Waals surface area contributed by atoms with Gasteiger partial charge in [0.15, 0.2) is 0 Å². The normalized spacial score (nSPS) is 28.7. The predicted molar refractivity (Wildman–Crippen MR) is 58.3 cm³/mol. The van der Waals surface area contributed by atoms with Gasteiger partial charge in [0.05, 0.1) is 6.67 Å². The van der Waals surface area contributed by atoms with Crippen LogP contribution >= 0.6 is 0 Å². The Labute approximate surface area is 86.9 Å². The fourth-order valence-electron chi connectivity index (χ4n) is 2.08. The molecule has 1 atom stereocenters. The molecule has 0 amide bonds. The van der Waals surface area contributed by atoms with Crippen LogP contribution < -0.4 is 5.32 Å². The van der Waals surface area contributed by atoms with E-state index in [4.69, 9.17) is 0 Å². The van der Waals surface area contributed by atoms with Gasteiger partial charge in [-0.05, 0) is 40.2 Å². The molecule has 0 aliphatic carbocycles. The molecule has 84 valence electrons. The quantitative estimate of drug-likeness (QED) is 0.751. The first-order valence-corrected chi connectivity index (χ1v) is 5.60. The molecule has 2 nitrogen and oxygen atoms in total. The maximum absolute atomic E-state index is 12.1. The van der Waals surface area contributed by atoms with Gasteiger partial charge in [-0.15, -0.1) is 0 Å². The molecule has 1 heterocycles. The maximum Gasteiger partial charge on any atom is 0.0906 e. The zero-order valence-electron chi connectivity index (χ0n) is 9.65. The Kier molecular flexibility index (Phi) is 4.32. The molecule has 1 aliphatic rings. The highest BCUT2D eigenvalue weighted by molar-refractivity contribution is 4.87. The van der Waals surface area contributed by atoms with E-state index < -0.39 is 0 Å². The summed E-state index contributed by atoms with van der Waals surface area (Å²) >= 11 is 0. The standard InChI is InChI=1S/C11H23FN2/c1-10-5-7-13-11(2,3)9-14(10)8-4-6-12/h10,13H,4-9H2,1-3H3. The van der Waals surface area contributed by atoms with E-state index in [-0.39, 0.29) is 12.2 Å². The Hall–Kier alpha value is -0.150. The van der Waals surface area contributed by atoms with Crippen molar-refractivity contribution < 1.29 is 4.39 Å². The Balaban J connectivity index is 2.50. The van der Waals surface area contributed by atoms with Crippen molar-refractivity contribution in [1.29, 1.82) is 0 Å². The fraction of sp³-hybridized carbons (Fsp3) is 1.00. The summed E-state index contributed by atoms with van der Waals surface area (Å²) in [4.78, 5) is 2.40. The van der Waals surface area contributed by atoms with Crippen LogP contribution in [-0.2, 0) is 0 Å². The van der Waals surface area contributed by atoms with Crippen molar-refractivity contribution in [1.82, 2.24) is 10.2 Å². The lowest BCUT2D eigenvalue weighted by molar-refractivity contribution is 0.174. The predicted octanol–water partition coefficient (Wildman–Crippen LogP) is 1.81. The molecule has 1 aliphatic heterocycles. The Morgan fingerprint density at radius 1 is 1.50 bits per heavy atom. The van der Waals surface area contributed by atoms with E-state index >= 15 is 0 Å². The summed E-state index contributed by atoms with van der Waals surface area (Å²) in [6, 6.07) is 0.579. The van der Waals surface area contributed by atoms with Gasteiger partial charge in [-0.25, -0.2) is 0 Å². The third kappa shape index (κ3) is 3.54. The molecule has 1 rings (SSSR count). The van der Waals surface area contributed by atoms with Gasteiger partial charge in [0.2, 0.25) is 0 Å². The fourth-order valence-corrected chi connectivity index (χ4v) is 2.08. The molecule has 1 saturated heterocycles. The van der Waals surface area contributed by atoms with E-state index in [0.29, 0.717) is 12.5 Å². The van der Waals surface area contributed by atoms with E-state index in [1.165, 1.54) is 0 Å². The molecule has 0 aromatic rings. The molecule has 0 bridgehead atoms. The molecule has 0 radical (unpaired) electrons. The molecule has 1 fully saturated rings. The van der Waals surface area contributed by atoms with Crippen molar-refractivity contribution in [2.45, 2.75) is 45.2 Å². The second-order valence-corrected chi connectivity index (χ2v) is 4.96. The highest BCUT2D eigenvalue weighted by Crippen LogP contribution is 2.15. The van der Waals surface area contributed by atoms with Crippen LogP contribution in [0.15, 0.2) is 0 Å². The van der Waals surface area contributed by atoms with Crippen molar-refractivity contribution in [2.75, 3.05) is 26.3 Å². The molecule has 0 spiro atoms. The highest BCUT2D eigenvalue weighted by atomic mass is 19.1. The summed E-state index contributed by atoms with van der Waals surface area (Å²) in [5.41, 5.74) is 0.168. The molecule has 14 heavy (non-hydrogen) atoms. The Morgan fingerprint density at radius 3 is 2.86 bits per heavy atom. The number of nitrogens with zero attached hydrogens (tertiary/aromatic N) is 1. The summed E-state index contributed by atoms with van der Waals surface area (Å²) in [5.74, 6) is 0. The molecule has 1 N–H and O–H groups in total. The first-order valence-electron chi connectivity index (χ1n) is 5.60. The Bertz CT molecular complexity index is 171. The third-order valence-corrected chi connectivity index (χ3v) is 2.97. The van der Waals surface area contributed by atoms with Gasteiger partial charge in [-0.3, -0.25) is 9.29 Å². The van der Waals surface area contributed by atoms with E-state index in [0.717, 1.165) is 26.1 Å². The molecular formula is C11H23FN2. The molecule has 0 aromatic carbocycles. The minimum absolute atomic E-state index is 0.168. The van der Waals surface area contributed by atoms with Gasteiger partial charge in [0.25, 0.3) is 0 Å². The topological polar surface area (TPSA) is 15.3 Å². The summed E-state index contributed by atoms with van der Waals surface area (Å²) in [7, 11) is 0. The molecule has 0 saturated carbocycles. The third-order valence-electron chi connectivity index (χ3n) is 2.97. The van der Waals surface area contributed by atoms with E-state index in [9.17, 15) is 4.39 Å². The zero-order valence-corrected chi connectivity index (χ0v) is 9.65. The van der Waals surface area contributed by atoms with Crippen LogP contribution in [0.2, 0.25) is 0 Å². The lowest BCUT2D eigenvalue weighted by Gasteiger charge is -2.32. The van der Waals surface area contributed by atoms with Gasteiger partial charge < -0.3 is 5.32 Å². The van der Waals surface area contributed by atoms with Crippen molar-refractivity contribution in [3.63, 3.8) is 0 Å². The number of hydrogen-bond donors (Lipinski definition) is 1. The lowest BCUT2D eigenvalue weighted by Crippen LogP contribution is -2.47. The van der Waals surface area contributed by atoms with Crippen molar-refractivity contribution in [3.05, 3.63) is 0 Å². The number of alkyl halides is 1. The Morgan fingerprint density at radius 2 is 2.21 bits per heavy atom. The molecular weight excluding hydrogens is 179 g/mol. The van der Waals surface area contributed by atoms with Gasteiger partial charge in [-0.1, -0.05) is 0 Å². The molecule has 0 aromatic heterocycles. The van der Waals surface area contributed by atoms with Crippen LogP contribution in [0, 0.1) is 0 Å². The van der Waals surface area contributed by atoms with Gasteiger partial charge in [0.1, 0.15) is 0 Å². The zero-order chi connectivity index (χ0) is 10.6. The largest absolute Gasteiger partial charge is 0.310 e. The number of halogens is 1. The summed E-state index contributed by atoms with van der Waals surface area (Å²) in [6.07, 6.45) is 1.83. The SMILES string of the molecule is CC1CCNC(C)(C)CN1CCCF. The van der Waals surface area contributed by atoms with E-state index in [1.54, 1.807) is 0 Å². The van der Waals surface area contributed by atoms with Crippen LogP contribution in [0.3, 0.4) is 0 Å². The smallest absolute Gasteiger partial charge is 0.0906 e. The first kappa shape index (κ1) is 11.9. The monoisotopic (exact) mass is 202 g/mol. The second-order valence-electron chi connectivity index (χ2n) is 4.96. The van der Waals surface area contributed by atoms with Crippen LogP contribution in [-0.4, -0.2) is 42.8 Å². The van der Waals surface area contributed by atoms with Crippen molar-refractivity contribution in [3.8, 4) is 0 Å². The van der Waals surface area contributed by atoms with Crippen LogP contribution in [0.4, 0.5) is 4.39 Å². The van der Waals surface area contributed by atoms with E-state index in [2.05, 4.69) is 31.0 Å². The molecule has 3 heteroatoms. The maximum atomic E-state index is 12.1. The number of nitrogens with one attached hydrogen (secondary N) is 1. The van der Waals surface area contributed by atoms with Crippen LogP contribution in [0.25, 0.3) is 0 Å². The van der Waals surface area contributed by atoms with Gasteiger partial charge >= 0.3 is 0 Å². The van der Waals surface area contributed by atoms with Crippen LogP contribution in [0.1, 0.15) is 33.6 Å². The van der Waals surface area contributed by atoms with Crippen molar-refractivity contribution >= 4 is 0 Å². The average Bonchev–Trinajstić information content (AvgIpc) is 2.22. The second kappa shape index (κ2) is 5.08. The highest BCUT2D eigenvalue weighted by Gasteiger charge is 2.27. The lowest BCUT2D eigenvalue weighted by atomic mass is 10.1.